The highest BCUT2D eigenvalue weighted by Crippen LogP contribution is 2.44. The number of hydrogen-bond acceptors (Lipinski definition) is 3. The monoisotopic (exact) mass is 389 g/mol. The van der Waals surface area contributed by atoms with Crippen LogP contribution in [0.2, 0.25) is 0 Å². The van der Waals surface area contributed by atoms with E-state index in [-0.39, 0.29) is 5.97 Å². The largest absolute Gasteiger partial charge is 0.469 e. The summed E-state index contributed by atoms with van der Waals surface area (Å²) in [7, 11) is 1.42. The highest BCUT2D eigenvalue weighted by molar-refractivity contribution is 5.96. The highest BCUT2D eigenvalue weighted by atomic mass is 16.5. The number of nitrogens with zero attached hydrogens (tertiary/aromatic N) is 1. The molecule has 0 aliphatic heterocycles. The van der Waals surface area contributed by atoms with E-state index in [2.05, 4.69) is 22.8 Å². The van der Waals surface area contributed by atoms with E-state index in [1.807, 2.05) is 30.3 Å². The molecule has 1 aliphatic rings. The number of methoxy groups -OCH3 is 1. The summed E-state index contributed by atoms with van der Waals surface area (Å²) in [5.74, 6) is 0.249. The van der Waals surface area contributed by atoms with Crippen LogP contribution in [0.1, 0.15) is 60.4 Å². The molecular formula is C25H27NO3. The van der Waals surface area contributed by atoms with Crippen LogP contribution in [0.5, 0.6) is 0 Å². The number of rotatable bonds is 6. The minimum Gasteiger partial charge on any atom is -0.469 e. The summed E-state index contributed by atoms with van der Waals surface area (Å²) >= 11 is 0. The Morgan fingerprint density at radius 1 is 1.07 bits per heavy atom. The van der Waals surface area contributed by atoms with Crippen molar-refractivity contribution in [2.45, 2.75) is 51.0 Å². The molecular weight excluding hydrogens is 362 g/mol. The first kappa shape index (κ1) is 19.4. The molecule has 0 radical (unpaired) electrons. The average molecular weight is 389 g/mol. The number of esters is 1. The Morgan fingerprint density at radius 3 is 2.55 bits per heavy atom. The van der Waals surface area contributed by atoms with Crippen LogP contribution in [-0.4, -0.2) is 23.9 Å². The van der Waals surface area contributed by atoms with Gasteiger partial charge in [-0.15, -0.1) is 0 Å². The Balaban J connectivity index is 1.98. The number of aryl methyl sites for hydroxylation is 1. The van der Waals surface area contributed by atoms with Crippen LogP contribution in [-0.2, 0) is 16.1 Å². The molecule has 1 heterocycles. The van der Waals surface area contributed by atoms with E-state index in [0.717, 1.165) is 23.1 Å². The number of aromatic nitrogens is 1. The molecule has 1 saturated carbocycles. The third kappa shape index (κ3) is 3.71. The Kier molecular flexibility index (Phi) is 5.79. The number of carbonyl (C=O) groups excluding carboxylic acids is 2. The lowest BCUT2D eigenvalue weighted by Crippen LogP contribution is -2.10. The fourth-order valence-corrected chi connectivity index (χ4v) is 4.78. The first-order valence-corrected chi connectivity index (χ1v) is 10.5. The van der Waals surface area contributed by atoms with Crippen LogP contribution in [0, 0.1) is 0 Å². The van der Waals surface area contributed by atoms with Gasteiger partial charge in [0.1, 0.15) is 0 Å². The second-order valence-electron chi connectivity index (χ2n) is 7.80. The van der Waals surface area contributed by atoms with Gasteiger partial charge in [0, 0.05) is 28.6 Å². The first-order chi connectivity index (χ1) is 14.2. The maximum Gasteiger partial charge on any atom is 0.307 e. The van der Waals surface area contributed by atoms with Gasteiger partial charge in [0.15, 0.2) is 6.29 Å². The molecule has 1 aliphatic carbocycles. The maximum absolute atomic E-state index is 11.9. The lowest BCUT2D eigenvalue weighted by Gasteiger charge is -2.24. The zero-order chi connectivity index (χ0) is 20.2. The standard InChI is InChI=1S/C25H27NO3/c1-29-23(28)15-16-26-22-14-8-7-13-21(22)24(18-9-3-2-4-10-18)25(26)20-12-6-5-11-19(20)17-27/h5-8,11-14,17-18H,2-4,9-10,15-16H2,1H3. The van der Waals surface area contributed by atoms with Gasteiger partial charge in [-0.25, -0.2) is 0 Å². The Labute approximate surface area is 171 Å². The highest BCUT2D eigenvalue weighted by Gasteiger charge is 2.27. The average Bonchev–Trinajstić information content (AvgIpc) is 3.12. The number of fused-ring (bicyclic) bond motifs is 1. The minimum absolute atomic E-state index is 0.225. The zero-order valence-electron chi connectivity index (χ0n) is 16.9. The molecule has 4 nitrogen and oxygen atoms in total. The molecule has 0 amide bonds. The smallest absolute Gasteiger partial charge is 0.307 e. The maximum atomic E-state index is 11.9. The normalized spacial score (nSPS) is 14.8. The molecule has 150 valence electrons. The number of hydrogen-bond donors (Lipinski definition) is 0. The SMILES string of the molecule is COC(=O)CCn1c(-c2ccccc2C=O)c(C2CCCCC2)c2ccccc21. The molecule has 29 heavy (non-hydrogen) atoms. The van der Waals surface area contributed by atoms with E-state index < -0.39 is 0 Å². The molecule has 0 atom stereocenters. The molecule has 3 aromatic rings. The molecule has 0 unspecified atom stereocenters. The summed E-state index contributed by atoms with van der Waals surface area (Å²) in [5, 5.41) is 1.24. The van der Waals surface area contributed by atoms with Crippen LogP contribution in [0.25, 0.3) is 22.2 Å². The molecule has 0 N–H and O–H groups in total. The van der Waals surface area contributed by atoms with Gasteiger partial charge in [0.25, 0.3) is 0 Å². The van der Waals surface area contributed by atoms with Crippen molar-refractivity contribution in [2.24, 2.45) is 0 Å². The van der Waals surface area contributed by atoms with E-state index in [9.17, 15) is 9.59 Å². The number of aldehydes is 1. The fraction of sp³-hybridized carbons (Fsp3) is 0.360. The van der Waals surface area contributed by atoms with Crippen molar-refractivity contribution in [2.75, 3.05) is 7.11 Å². The number of carbonyl (C=O) groups is 2. The summed E-state index contributed by atoms with van der Waals surface area (Å²) in [5.41, 5.74) is 5.17. The van der Waals surface area contributed by atoms with Crippen molar-refractivity contribution in [1.29, 1.82) is 0 Å². The third-order valence-electron chi connectivity index (χ3n) is 6.13. The Hall–Kier alpha value is -2.88. The molecule has 2 aromatic carbocycles. The number of ether oxygens (including phenoxy) is 1. The van der Waals surface area contributed by atoms with Crippen LogP contribution in [0.4, 0.5) is 0 Å². The summed E-state index contributed by atoms with van der Waals surface area (Å²) in [6, 6.07) is 16.2. The summed E-state index contributed by atoms with van der Waals surface area (Å²) < 4.78 is 7.11. The molecule has 4 rings (SSSR count). The van der Waals surface area contributed by atoms with Crippen LogP contribution in [0.15, 0.2) is 48.5 Å². The van der Waals surface area contributed by atoms with Crippen molar-refractivity contribution in [1.82, 2.24) is 4.57 Å². The fourth-order valence-electron chi connectivity index (χ4n) is 4.78. The molecule has 0 spiro atoms. The van der Waals surface area contributed by atoms with Crippen LogP contribution < -0.4 is 0 Å². The second-order valence-corrected chi connectivity index (χ2v) is 7.80. The Bertz CT molecular complexity index is 1030. The number of para-hydroxylation sites is 1. The third-order valence-corrected chi connectivity index (χ3v) is 6.13. The Morgan fingerprint density at radius 2 is 1.79 bits per heavy atom. The molecule has 4 heteroatoms. The van der Waals surface area contributed by atoms with Gasteiger partial charge in [-0.1, -0.05) is 61.7 Å². The summed E-state index contributed by atoms with van der Waals surface area (Å²) in [6.07, 6.45) is 7.33. The van der Waals surface area contributed by atoms with Gasteiger partial charge in [0.2, 0.25) is 0 Å². The van der Waals surface area contributed by atoms with E-state index in [0.29, 0.717) is 24.4 Å². The predicted molar refractivity (Wildman–Crippen MR) is 115 cm³/mol. The van der Waals surface area contributed by atoms with Gasteiger partial charge < -0.3 is 9.30 Å². The van der Waals surface area contributed by atoms with Crippen molar-refractivity contribution >= 4 is 23.2 Å². The quantitative estimate of drug-likeness (QED) is 0.399. The van der Waals surface area contributed by atoms with Gasteiger partial charge >= 0.3 is 5.97 Å². The topological polar surface area (TPSA) is 48.3 Å². The van der Waals surface area contributed by atoms with Crippen molar-refractivity contribution in [3.63, 3.8) is 0 Å². The molecule has 1 aromatic heterocycles. The first-order valence-electron chi connectivity index (χ1n) is 10.5. The molecule has 0 saturated heterocycles. The van der Waals surface area contributed by atoms with Crippen molar-refractivity contribution in [3.05, 3.63) is 59.7 Å². The van der Waals surface area contributed by atoms with Crippen LogP contribution in [0.3, 0.4) is 0 Å². The van der Waals surface area contributed by atoms with Crippen LogP contribution >= 0.6 is 0 Å². The zero-order valence-corrected chi connectivity index (χ0v) is 16.9. The van der Waals surface area contributed by atoms with E-state index >= 15 is 0 Å². The van der Waals surface area contributed by atoms with Gasteiger partial charge in [-0.05, 0) is 30.4 Å². The van der Waals surface area contributed by atoms with Crippen molar-refractivity contribution < 1.29 is 14.3 Å². The van der Waals surface area contributed by atoms with Gasteiger partial charge in [-0.2, -0.15) is 0 Å². The van der Waals surface area contributed by atoms with E-state index in [4.69, 9.17) is 4.74 Å². The summed E-state index contributed by atoms with van der Waals surface area (Å²) in [6.45, 7) is 0.530. The number of benzene rings is 2. The molecule has 1 fully saturated rings. The lowest BCUT2D eigenvalue weighted by atomic mass is 9.81. The van der Waals surface area contributed by atoms with Gasteiger partial charge in [-0.3, -0.25) is 9.59 Å². The second kappa shape index (κ2) is 8.64. The summed E-state index contributed by atoms with van der Waals surface area (Å²) in [4.78, 5) is 23.8. The van der Waals surface area contributed by atoms with Crippen molar-refractivity contribution in [3.8, 4) is 11.3 Å². The van der Waals surface area contributed by atoms with Gasteiger partial charge in [0.05, 0.1) is 19.2 Å². The molecule has 0 bridgehead atoms. The van der Waals surface area contributed by atoms with E-state index in [1.54, 1.807) is 0 Å². The van der Waals surface area contributed by atoms with E-state index in [1.165, 1.54) is 50.2 Å². The predicted octanol–water partition coefficient (Wildman–Crippen LogP) is 5.73. The minimum atomic E-state index is -0.225. The lowest BCUT2D eigenvalue weighted by molar-refractivity contribution is -0.140.